The number of rotatable bonds is 7. The molecule has 0 bridgehead atoms. The van der Waals surface area contributed by atoms with Gasteiger partial charge in [0.2, 0.25) is 0 Å². The van der Waals surface area contributed by atoms with Crippen molar-refractivity contribution < 1.29 is 20.8 Å². The molecule has 0 aromatic carbocycles. The summed E-state index contributed by atoms with van der Waals surface area (Å²) < 4.78 is 8.26. The number of hydrogen-bond donors (Lipinski definition) is 0. The number of hydrogen-bond acceptors (Lipinski definition) is 3. The Morgan fingerprint density at radius 1 is 0.789 bits per heavy atom. The molecule has 0 aromatic rings. The van der Waals surface area contributed by atoms with E-state index in [1.165, 1.54) is 0 Å². The molecule has 1 aliphatic carbocycles. The van der Waals surface area contributed by atoms with Crippen LogP contribution in [0, 0.1) is 0 Å². The maximum absolute atomic E-state index is 3.07. The zero-order chi connectivity index (χ0) is 14.7. The second-order valence-electron chi connectivity index (χ2n) is 5.68. The molecule has 0 unspecified atom stereocenters. The van der Waals surface area contributed by atoms with E-state index in [-0.39, 0.29) is 3.17 Å². The van der Waals surface area contributed by atoms with Crippen LogP contribution >= 0.6 is 0 Å². The van der Waals surface area contributed by atoms with Crippen molar-refractivity contribution in [2.75, 3.05) is 40.8 Å². The summed E-state index contributed by atoms with van der Waals surface area (Å²) in [5.74, 6) is 0. The summed E-state index contributed by atoms with van der Waals surface area (Å²) in [4.78, 5) is 0. The van der Waals surface area contributed by atoms with Gasteiger partial charge in [0.05, 0.1) is 0 Å². The molecule has 0 fully saturated rings. The van der Waals surface area contributed by atoms with Crippen LogP contribution < -0.4 is 0 Å². The average Bonchev–Trinajstić information content (AvgIpc) is 2.86. The first-order valence-corrected chi connectivity index (χ1v) is 14.0. The summed E-state index contributed by atoms with van der Waals surface area (Å²) >= 11 is -3.07. The molecule has 0 aromatic heterocycles. The van der Waals surface area contributed by atoms with Crippen molar-refractivity contribution in [1.29, 1.82) is 0 Å². The van der Waals surface area contributed by atoms with Crippen LogP contribution in [0.25, 0.3) is 0 Å². The van der Waals surface area contributed by atoms with Crippen LogP contribution in [0.5, 0.6) is 0 Å². The molecule has 1 rings (SSSR count). The van der Waals surface area contributed by atoms with Gasteiger partial charge in [-0.15, -0.1) is 0 Å². The van der Waals surface area contributed by atoms with Gasteiger partial charge in [-0.25, -0.2) is 0 Å². The van der Waals surface area contributed by atoms with Crippen LogP contribution in [0.3, 0.4) is 0 Å². The van der Waals surface area contributed by atoms with E-state index in [2.05, 4.69) is 81.8 Å². The Hall–Kier alpha value is 0.230. The molecule has 19 heavy (non-hydrogen) atoms. The van der Waals surface area contributed by atoms with E-state index >= 15 is 0 Å². The van der Waals surface area contributed by atoms with Gasteiger partial charge < -0.3 is 0 Å². The molecule has 0 saturated heterocycles. The molecule has 0 radical (unpaired) electrons. The first-order valence-electron chi connectivity index (χ1n) is 7.41. The van der Waals surface area contributed by atoms with Crippen LogP contribution in [-0.4, -0.2) is 49.4 Å². The van der Waals surface area contributed by atoms with Crippen LogP contribution in [0.4, 0.5) is 0 Å². The van der Waals surface area contributed by atoms with Gasteiger partial charge in [-0.1, -0.05) is 0 Å². The molecule has 4 heteroatoms. The van der Waals surface area contributed by atoms with Gasteiger partial charge in [-0.2, -0.15) is 0 Å². The topological polar surface area (TPSA) is 9.72 Å². The predicted octanol–water partition coefficient (Wildman–Crippen LogP) is 3.05. The fourth-order valence-electron chi connectivity index (χ4n) is 3.56. The molecule has 0 spiro atoms. The van der Waals surface area contributed by atoms with Gasteiger partial charge >= 0.3 is 125 Å². The fourth-order valence-corrected chi connectivity index (χ4v) is 25.8. The van der Waals surface area contributed by atoms with Gasteiger partial charge in [0.1, 0.15) is 0 Å². The van der Waals surface area contributed by atoms with Gasteiger partial charge in [0, 0.05) is 0 Å². The van der Waals surface area contributed by atoms with Crippen LogP contribution in [0.2, 0.25) is 3.17 Å². The molecule has 0 saturated carbocycles. The maximum atomic E-state index is 2.68. The first-order chi connectivity index (χ1) is 8.90. The van der Waals surface area contributed by atoms with Crippen molar-refractivity contribution in [1.82, 2.24) is 8.66 Å². The Morgan fingerprint density at radius 2 is 1.11 bits per heavy atom. The van der Waals surface area contributed by atoms with E-state index in [9.17, 15) is 0 Å². The molecular formula is C15H31HfN3. The van der Waals surface area contributed by atoms with E-state index in [0.717, 1.165) is 19.6 Å². The van der Waals surface area contributed by atoms with E-state index in [1.807, 2.05) is 0 Å². The Balaban J connectivity index is 3.43. The quantitative estimate of drug-likeness (QED) is 0.574. The standard InChI is InChI=1S/C6H7.3C3H8N.Hf/c1-6-4-2-3-5-6;3*1-3-4-2;/h2-5H,1H3;3*3H2,1-2H3;/q;3*-1;+3. The monoisotopic (exact) mass is 433 g/mol. The zero-order valence-corrected chi connectivity index (χ0v) is 17.4. The molecule has 0 N–H and O–H groups in total. The predicted molar refractivity (Wildman–Crippen MR) is 81.6 cm³/mol. The minimum atomic E-state index is -3.07. The summed E-state index contributed by atoms with van der Waals surface area (Å²) in [6.07, 6.45) is 9.31. The van der Waals surface area contributed by atoms with Crippen LogP contribution in [0.15, 0.2) is 24.3 Å². The van der Waals surface area contributed by atoms with Crippen molar-refractivity contribution in [3.8, 4) is 0 Å². The molecule has 0 amide bonds. The Labute approximate surface area is 125 Å². The Kier molecular flexibility index (Phi) is 6.18. The third kappa shape index (κ3) is 2.69. The SMILES string of the molecule is CC[N](C)[Hf]([N](C)CC)([N](C)CC)[C]1(C)C=CC=C1. The second kappa shape index (κ2) is 6.79. The summed E-state index contributed by atoms with van der Waals surface area (Å²) in [7, 11) is 6.97. The summed E-state index contributed by atoms with van der Waals surface area (Å²) in [6.45, 7) is 12.6. The Bertz CT molecular complexity index is 313. The Morgan fingerprint density at radius 3 is 1.37 bits per heavy atom. The first kappa shape index (κ1) is 17.3. The number of allylic oxidation sites excluding steroid dienone is 4. The summed E-state index contributed by atoms with van der Waals surface area (Å²) in [6, 6.07) is 0. The van der Waals surface area contributed by atoms with Crippen molar-refractivity contribution >= 4 is 0 Å². The summed E-state index contributed by atoms with van der Waals surface area (Å²) in [5, 5.41) is 0. The molecular weight excluding hydrogens is 401 g/mol. The van der Waals surface area contributed by atoms with Gasteiger partial charge in [-0.05, 0) is 0 Å². The van der Waals surface area contributed by atoms with E-state index in [1.54, 1.807) is 0 Å². The molecule has 3 nitrogen and oxygen atoms in total. The fraction of sp³-hybridized carbons (Fsp3) is 0.733. The van der Waals surface area contributed by atoms with Crippen molar-refractivity contribution in [2.45, 2.75) is 30.9 Å². The van der Waals surface area contributed by atoms with Gasteiger partial charge in [-0.3, -0.25) is 0 Å². The zero-order valence-electron chi connectivity index (χ0n) is 13.8. The molecule has 0 atom stereocenters. The normalized spacial score (nSPS) is 18.2. The van der Waals surface area contributed by atoms with Crippen molar-refractivity contribution in [2.24, 2.45) is 0 Å². The van der Waals surface area contributed by atoms with Crippen molar-refractivity contribution in [3.63, 3.8) is 0 Å². The third-order valence-corrected chi connectivity index (χ3v) is 26.0. The summed E-state index contributed by atoms with van der Waals surface area (Å²) in [5.41, 5.74) is 0. The van der Waals surface area contributed by atoms with Crippen LogP contribution in [0.1, 0.15) is 27.7 Å². The molecule has 110 valence electrons. The second-order valence-corrected chi connectivity index (χ2v) is 22.3. The van der Waals surface area contributed by atoms with Crippen LogP contribution in [-0.2, 0) is 20.8 Å². The van der Waals surface area contributed by atoms with E-state index in [4.69, 9.17) is 0 Å². The average molecular weight is 432 g/mol. The van der Waals surface area contributed by atoms with Gasteiger partial charge in [0.15, 0.2) is 0 Å². The van der Waals surface area contributed by atoms with Gasteiger partial charge in [0.25, 0.3) is 0 Å². The molecule has 0 aliphatic heterocycles. The van der Waals surface area contributed by atoms with Crippen molar-refractivity contribution in [3.05, 3.63) is 24.3 Å². The third-order valence-electron chi connectivity index (χ3n) is 4.74. The number of nitrogens with zero attached hydrogens (tertiary/aromatic N) is 3. The molecule has 0 heterocycles. The van der Waals surface area contributed by atoms with E-state index < -0.39 is 20.8 Å². The molecule has 1 aliphatic rings. The van der Waals surface area contributed by atoms with E-state index in [0.29, 0.717) is 0 Å². The minimum absolute atomic E-state index is 0.216.